The van der Waals surface area contributed by atoms with Crippen molar-refractivity contribution in [1.82, 2.24) is 5.32 Å². The van der Waals surface area contributed by atoms with Crippen LogP contribution >= 0.6 is 0 Å². The molecule has 0 radical (unpaired) electrons. The number of aryl methyl sites for hydroxylation is 2. The maximum Gasteiger partial charge on any atom is 0.0136 e. The number of hydrogen-bond acceptors (Lipinski definition) is 1. The van der Waals surface area contributed by atoms with Crippen molar-refractivity contribution >= 4 is 0 Å². The molecule has 0 heterocycles. The summed E-state index contributed by atoms with van der Waals surface area (Å²) in [6, 6.07) is 7.69. The molecule has 1 aliphatic carbocycles. The molecule has 0 spiro atoms. The average Bonchev–Trinajstić information content (AvgIpc) is 2.76. The Morgan fingerprint density at radius 3 is 2.38 bits per heavy atom. The lowest BCUT2D eigenvalue weighted by molar-refractivity contribution is 0.317. The summed E-state index contributed by atoms with van der Waals surface area (Å²) < 4.78 is 0. The van der Waals surface area contributed by atoms with Gasteiger partial charge in [-0.05, 0) is 68.7 Å². The minimum atomic E-state index is 0.671. The van der Waals surface area contributed by atoms with E-state index in [1.807, 2.05) is 0 Å². The lowest BCUT2D eigenvalue weighted by atomic mass is 9.87. The molecule has 1 fully saturated rings. The average molecular weight is 287 g/mol. The van der Waals surface area contributed by atoms with E-state index in [-0.39, 0.29) is 0 Å². The van der Waals surface area contributed by atoms with E-state index in [0.717, 1.165) is 12.5 Å². The third-order valence-corrected chi connectivity index (χ3v) is 5.15. The van der Waals surface area contributed by atoms with Gasteiger partial charge in [-0.2, -0.15) is 0 Å². The third kappa shape index (κ3) is 5.14. The first kappa shape index (κ1) is 16.5. The van der Waals surface area contributed by atoms with Crippen molar-refractivity contribution in [3.63, 3.8) is 0 Å². The van der Waals surface area contributed by atoms with E-state index < -0.39 is 0 Å². The Morgan fingerprint density at radius 1 is 1.05 bits per heavy atom. The van der Waals surface area contributed by atoms with Gasteiger partial charge in [0.15, 0.2) is 0 Å². The van der Waals surface area contributed by atoms with E-state index in [2.05, 4.69) is 44.3 Å². The van der Waals surface area contributed by atoms with Crippen LogP contribution in [-0.2, 0) is 6.42 Å². The van der Waals surface area contributed by atoms with Gasteiger partial charge in [0.2, 0.25) is 0 Å². The quantitative estimate of drug-likeness (QED) is 0.710. The van der Waals surface area contributed by atoms with Crippen molar-refractivity contribution in [3.05, 3.63) is 34.9 Å². The van der Waals surface area contributed by atoms with Crippen LogP contribution in [0.2, 0.25) is 0 Å². The summed E-state index contributed by atoms with van der Waals surface area (Å²) in [6.45, 7) is 7.87. The molecular weight excluding hydrogens is 254 g/mol. The summed E-state index contributed by atoms with van der Waals surface area (Å²) in [6.07, 6.45) is 11.0. The van der Waals surface area contributed by atoms with Gasteiger partial charge in [0.25, 0.3) is 0 Å². The summed E-state index contributed by atoms with van der Waals surface area (Å²) in [5.41, 5.74) is 4.35. The van der Waals surface area contributed by atoms with Crippen LogP contribution < -0.4 is 5.32 Å². The van der Waals surface area contributed by atoms with E-state index in [0.29, 0.717) is 6.04 Å². The SMILES string of the molecule is CCCNC(Cc1ccc(C)c(C)c1)C1CCCCCC1. The number of rotatable bonds is 6. The predicted molar refractivity (Wildman–Crippen MR) is 92.9 cm³/mol. The van der Waals surface area contributed by atoms with Gasteiger partial charge in [-0.25, -0.2) is 0 Å². The highest BCUT2D eigenvalue weighted by Crippen LogP contribution is 2.27. The zero-order valence-corrected chi connectivity index (χ0v) is 14.3. The summed E-state index contributed by atoms with van der Waals surface area (Å²) in [5.74, 6) is 0.876. The van der Waals surface area contributed by atoms with Crippen molar-refractivity contribution in [3.8, 4) is 0 Å². The molecule has 118 valence electrons. The smallest absolute Gasteiger partial charge is 0.0136 e. The van der Waals surface area contributed by atoms with Gasteiger partial charge in [0.1, 0.15) is 0 Å². The fraction of sp³-hybridized carbons (Fsp3) is 0.700. The van der Waals surface area contributed by atoms with Crippen molar-refractivity contribution in [1.29, 1.82) is 0 Å². The summed E-state index contributed by atoms with van der Waals surface area (Å²) >= 11 is 0. The summed E-state index contributed by atoms with van der Waals surface area (Å²) in [4.78, 5) is 0. The molecule has 0 bridgehead atoms. The van der Waals surface area contributed by atoms with Crippen molar-refractivity contribution in [2.75, 3.05) is 6.54 Å². The second kappa shape index (κ2) is 8.58. The molecule has 1 atom stereocenters. The molecule has 1 aromatic carbocycles. The first-order valence-electron chi connectivity index (χ1n) is 9.00. The second-order valence-electron chi connectivity index (χ2n) is 6.93. The number of hydrogen-bond donors (Lipinski definition) is 1. The van der Waals surface area contributed by atoms with Gasteiger partial charge in [-0.15, -0.1) is 0 Å². The van der Waals surface area contributed by atoms with Gasteiger partial charge in [0.05, 0.1) is 0 Å². The zero-order chi connectivity index (χ0) is 15.1. The van der Waals surface area contributed by atoms with Crippen LogP contribution in [-0.4, -0.2) is 12.6 Å². The Labute approximate surface area is 131 Å². The molecule has 1 aromatic rings. The summed E-state index contributed by atoms with van der Waals surface area (Å²) in [7, 11) is 0. The molecule has 0 aromatic heterocycles. The predicted octanol–water partition coefficient (Wildman–Crippen LogP) is 5.18. The molecule has 0 saturated heterocycles. The van der Waals surface area contributed by atoms with Crippen LogP contribution in [0.1, 0.15) is 68.6 Å². The first-order valence-corrected chi connectivity index (χ1v) is 9.00. The molecule has 1 saturated carbocycles. The van der Waals surface area contributed by atoms with Gasteiger partial charge in [-0.3, -0.25) is 0 Å². The summed E-state index contributed by atoms with van der Waals surface area (Å²) in [5, 5.41) is 3.85. The molecule has 0 aliphatic heterocycles. The Hall–Kier alpha value is -0.820. The fourth-order valence-corrected chi connectivity index (χ4v) is 3.63. The molecule has 1 heteroatoms. The molecular formula is C20H33N. The van der Waals surface area contributed by atoms with Gasteiger partial charge in [0, 0.05) is 6.04 Å². The molecule has 1 nitrogen and oxygen atoms in total. The highest BCUT2D eigenvalue weighted by molar-refractivity contribution is 5.30. The Balaban J connectivity index is 2.05. The van der Waals surface area contributed by atoms with E-state index in [4.69, 9.17) is 0 Å². The minimum Gasteiger partial charge on any atom is -0.313 e. The Kier molecular flexibility index (Phi) is 6.76. The minimum absolute atomic E-state index is 0.671. The Morgan fingerprint density at radius 2 is 1.76 bits per heavy atom. The Bertz CT molecular complexity index is 416. The van der Waals surface area contributed by atoms with Gasteiger partial charge < -0.3 is 5.32 Å². The largest absolute Gasteiger partial charge is 0.313 e. The number of nitrogens with one attached hydrogen (secondary N) is 1. The second-order valence-corrected chi connectivity index (χ2v) is 6.93. The molecule has 1 unspecified atom stereocenters. The molecule has 2 rings (SSSR count). The number of benzene rings is 1. The molecule has 1 N–H and O–H groups in total. The van der Waals surface area contributed by atoms with Crippen LogP contribution in [0.4, 0.5) is 0 Å². The van der Waals surface area contributed by atoms with Gasteiger partial charge >= 0.3 is 0 Å². The maximum absolute atomic E-state index is 3.85. The zero-order valence-electron chi connectivity index (χ0n) is 14.3. The van der Waals surface area contributed by atoms with Crippen molar-refractivity contribution in [2.45, 2.75) is 78.2 Å². The highest BCUT2D eigenvalue weighted by atomic mass is 14.9. The maximum atomic E-state index is 3.85. The van der Waals surface area contributed by atoms with E-state index >= 15 is 0 Å². The third-order valence-electron chi connectivity index (χ3n) is 5.15. The van der Waals surface area contributed by atoms with Gasteiger partial charge in [-0.1, -0.05) is 50.8 Å². The topological polar surface area (TPSA) is 12.0 Å². The lowest BCUT2D eigenvalue weighted by Crippen LogP contribution is -2.38. The standard InChI is InChI=1S/C20H33N/c1-4-13-21-20(19-9-7-5-6-8-10-19)15-18-12-11-16(2)17(3)14-18/h11-12,14,19-21H,4-10,13,15H2,1-3H3. The molecule has 0 amide bonds. The van der Waals surface area contributed by atoms with Crippen LogP contribution in [0.3, 0.4) is 0 Å². The van der Waals surface area contributed by atoms with E-state index in [1.165, 1.54) is 68.1 Å². The molecule has 21 heavy (non-hydrogen) atoms. The normalized spacial score (nSPS) is 18.4. The first-order chi connectivity index (χ1) is 10.2. The molecule has 1 aliphatic rings. The van der Waals surface area contributed by atoms with Crippen molar-refractivity contribution < 1.29 is 0 Å². The van der Waals surface area contributed by atoms with E-state index in [9.17, 15) is 0 Å². The van der Waals surface area contributed by atoms with Crippen LogP contribution in [0, 0.1) is 19.8 Å². The van der Waals surface area contributed by atoms with Crippen LogP contribution in [0.15, 0.2) is 18.2 Å². The van der Waals surface area contributed by atoms with Crippen LogP contribution in [0.5, 0.6) is 0 Å². The fourth-order valence-electron chi connectivity index (χ4n) is 3.63. The lowest BCUT2D eigenvalue weighted by Gasteiger charge is -2.28. The van der Waals surface area contributed by atoms with Crippen LogP contribution in [0.25, 0.3) is 0 Å². The van der Waals surface area contributed by atoms with Crippen molar-refractivity contribution in [2.24, 2.45) is 5.92 Å². The monoisotopic (exact) mass is 287 g/mol. The highest BCUT2D eigenvalue weighted by Gasteiger charge is 2.22. The van der Waals surface area contributed by atoms with E-state index in [1.54, 1.807) is 0 Å².